The van der Waals surface area contributed by atoms with Gasteiger partial charge in [-0.1, -0.05) is 24.5 Å². The van der Waals surface area contributed by atoms with Crippen molar-refractivity contribution in [2.24, 2.45) is 0 Å². The van der Waals surface area contributed by atoms with Gasteiger partial charge in [-0.25, -0.2) is 8.42 Å². The number of rotatable bonds is 3. The second-order valence-corrected chi connectivity index (χ2v) is 4.99. The van der Waals surface area contributed by atoms with Gasteiger partial charge >= 0.3 is 7.48 Å². The highest BCUT2D eigenvalue weighted by Gasteiger charge is 2.11. The van der Waals surface area contributed by atoms with Gasteiger partial charge in [0, 0.05) is 0 Å². The molecule has 0 aromatic heterocycles. The van der Waals surface area contributed by atoms with Crippen molar-refractivity contribution in [1.82, 2.24) is 0 Å². The lowest BCUT2D eigenvalue weighted by Gasteiger charge is -2.01. The molecule has 3 nitrogen and oxygen atoms in total. The average Bonchev–Trinajstić information content (AvgIpc) is 2.18. The Morgan fingerprint density at radius 1 is 1.46 bits per heavy atom. The van der Waals surface area contributed by atoms with Crippen LogP contribution < -0.4 is 5.46 Å². The molecule has 0 saturated heterocycles. The Kier molecular flexibility index (Phi) is 3.11. The Labute approximate surface area is 78.6 Å². The van der Waals surface area contributed by atoms with Gasteiger partial charge in [0.2, 0.25) is 0 Å². The molecule has 1 aromatic carbocycles. The molecule has 1 N–H and O–H groups in total. The van der Waals surface area contributed by atoms with Gasteiger partial charge in [-0.15, -0.1) is 0 Å². The molecule has 0 aliphatic rings. The number of sulfone groups is 1. The van der Waals surface area contributed by atoms with Crippen molar-refractivity contribution < 1.29 is 13.4 Å². The monoisotopic (exact) mass is 198 g/mol. The molecule has 0 bridgehead atoms. The highest BCUT2D eigenvalue weighted by Crippen LogP contribution is 2.07. The maximum absolute atomic E-state index is 11.4. The molecular formula is C8H11BO3S. The lowest BCUT2D eigenvalue weighted by atomic mass is 9.89. The number of hydrogen-bond acceptors (Lipinski definition) is 3. The molecule has 0 unspecified atom stereocenters. The molecule has 0 radical (unpaired) electrons. The summed E-state index contributed by atoms with van der Waals surface area (Å²) in [7, 11) is -3.27. The van der Waals surface area contributed by atoms with E-state index in [2.05, 4.69) is 0 Å². The summed E-state index contributed by atoms with van der Waals surface area (Å²) in [5.41, 5.74) is 0.620. The Hall–Kier alpha value is -0.805. The predicted octanol–water partition coefficient (Wildman–Crippen LogP) is -0.551. The molecule has 0 aliphatic heterocycles. The topological polar surface area (TPSA) is 54.4 Å². The third kappa shape index (κ3) is 2.32. The zero-order valence-electron chi connectivity index (χ0n) is 7.40. The van der Waals surface area contributed by atoms with Gasteiger partial charge in [-0.3, -0.25) is 0 Å². The van der Waals surface area contributed by atoms with Crippen molar-refractivity contribution in [3.05, 3.63) is 24.3 Å². The summed E-state index contributed by atoms with van der Waals surface area (Å²) < 4.78 is 22.8. The highest BCUT2D eigenvalue weighted by molar-refractivity contribution is 7.91. The molecule has 1 aromatic rings. The maximum atomic E-state index is 11.4. The SMILES string of the molecule is CCS(=O)(=O)c1cccc(BO)c1. The zero-order chi connectivity index (χ0) is 9.90. The molecule has 0 fully saturated rings. The largest absolute Gasteiger partial charge is 0.449 e. The molecule has 1 rings (SSSR count). The third-order valence-electron chi connectivity index (χ3n) is 1.82. The van der Waals surface area contributed by atoms with E-state index in [1.165, 1.54) is 12.1 Å². The molecule has 0 heterocycles. The van der Waals surface area contributed by atoms with E-state index in [1.54, 1.807) is 19.1 Å². The van der Waals surface area contributed by atoms with Gasteiger partial charge in [0.05, 0.1) is 10.6 Å². The summed E-state index contributed by atoms with van der Waals surface area (Å²) >= 11 is 0. The minimum Gasteiger partial charge on any atom is -0.449 e. The van der Waals surface area contributed by atoms with Crippen molar-refractivity contribution in [3.8, 4) is 0 Å². The Morgan fingerprint density at radius 2 is 2.15 bits per heavy atom. The van der Waals surface area contributed by atoms with Crippen LogP contribution in [0.1, 0.15) is 6.92 Å². The number of benzene rings is 1. The summed E-state index contributed by atoms with van der Waals surface area (Å²) in [5.74, 6) is 0.0852. The second-order valence-electron chi connectivity index (χ2n) is 2.71. The van der Waals surface area contributed by atoms with Crippen LogP contribution in [0.2, 0.25) is 0 Å². The van der Waals surface area contributed by atoms with E-state index < -0.39 is 9.84 Å². The quantitative estimate of drug-likeness (QED) is 0.663. The van der Waals surface area contributed by atoms with Gasteiger partial charge in [-0.2, -0.15) is 0 Å². The van der Waals surface area contributed by atoms with Gasteiger partial charge in [0.25, 0.3) is 0 Å². The molecule has 0 aliphatic carbocycles. The molecule has 0 saturated carbocycles. The summed E-state index contributed by atoms with van der Waals surface area (Å²) in [6.07, 6.45) is 0. The van der Waals surface area contributed by atoms with Gasteiger partial charge in [-0.05, 0) is 12.1 Å². The molecule has 0 spiro atoms. The zero-order valence-corrected chi connectivity index (χ0v) is 8.21. The van der Waals surface area contributed by atoms with Crippen LogP contribution in [0.4, 0.5) is 0 Å². The second kappa shape index (κ2) is 3.94. The fourth-order valence-corrected chi connectivity index (χ4v) is 1.95. The Morgan fingerprint density at radius 3 is 2.69 bits per heavy atom. The molecule has 0 amide bonds. The van der Waals surface area contributed by atoms with Crippen molar-refractivity contribution in [2.75, 3.05) is 5.75 Å². The number of hydrogen-bond donors (Lipinski definition) is 1. The summed E-state index contributed by atoms with van der Waals surface area (Å²) in [4.78, 5) is 0.279. The van der Waals surface area contributed by atoms with E-state index in [9.17, 15) is 8.42 Å². The minimum absolute atomic E-state index is 0.0852. The van der Waals surface area contributed by atoms with E-state index in [0.29, 0.717) is 5.46 Å². The summed E-state index contributed by atoms with van der Waals surface area (Å²) in [6.45, 7) is 1.60. The van der Waals surface area contributed by atoms with Crippen LogP contribution in [0.3, 0.4) is 0 Å². The normalized spacial score (nSPS) is 11.2. The van der Waals surface area contributed by atoms with Crippen LogP contribution >= 0.6 is 0 Å². The van der Waals surface area contributed by atoms with E-state index in [4.69, 9.17) is 5.02 Å². The van der Waals surface area contributed by atoms with Gasteiger partial charge < -0.3 is 5.02 Å². The smallest absolute Gasteiger partial charge is 0.304 e. The lowest BCUT2D eigenvalue weighted by Crippen LogP contribution is -2.15. The van der Waals surface area contributed by atoms with Crippen LogP contribution in [0.25, 0.3) is 0 Å². The molecule has 5 heteroatoms. The van der Waals surface area contributed by atoms with Crippen LogP contribution in [-0.4, -0.2) is 26.7 Å². The molecule has 0 atom stereocenters. The van der Waals surface area contributed by atoms with E-state index in [1.807, 2.05) is 0 Å². The van der Waals surface area contributed by atoms with Crippen LogP contribution in [0.5, 0.6) is 0 Å². The van der Waals surface area contributed by atoms with E-state index >= 15 is 0 Å². The highest BCUT2D eigenvalue weighted by atomic mass is 32.2. The first-order valence-corrected chi connectivity index (χ1v) is 5.68. The standard InChI is InChI=1S/C8H11BO3S/c1-2-13(11,12)8-5-3-4-7(6-8)9-10/h3-6,9-10H,2H2,1H3. The first-order chi connectivity index (χ1) is 6.10. The average molecular weight is 198 g/mol. The fraction of sp³-hybridized carbons (Fsp3) is 0.250. The maximum Gasteiger partial charge on any atom is 0.304 e. The van der Waals surface area contributed by atoms with Crippen molar-refractivity contribution in [3.63, 3.8) is 0 Å². The van der Waals surface area contributed by atoms with Crippen molar-refractivity contribution in [1.29, 1.82) is 0 Å². The van der Waals surface area contributed by atoms with Crippen molar-refractivity contribution >= 4 is 22.8 Å². The molecule has 13 heavy (non-hydrogen) atoms. The Bertz CT molecular complexity index is 386. The van der Waals surface area contributed by atoms with E-state index in [0.717, 1.165) is 0 Å². The van der Waals surface area contributed by atoms with Gasteiger partial charge in [0.1, 0.15) is 0 Å². The fourth-order valence-electron chi connectivity index (χ4n) is 1.00. The minimum atomic E-state index is -3.14. The van der Waals surface area contributed by atoms with Crippen LogP contribution in [0, 0.1) is 0 Å². The molecule has 70 valence electrons. The lowest BCUT2D eigenvalue weighted by molar-refractivity contribution is 0.597. The first-order valence-electron chi connectivity index (χ1n) is 4.02. The molecular weight excluding hydrogens is 187 g/mol. The third-order valence-corrected chi connectivity index (χ3v) is 3.55. The summed E-state index contributed by atoms with van der Waals surface area (Å²) in [6, 6.07) is 6.36. The predicted molar refractivity (Wildman–Crippen MR) is 53.2 cm³/mol. The van der Waals surface area contributed by atoms with Crippen LogP contribution in [0.15, 0.2) is 29.2 Å². The van der Waals surface area contributed by atoms with Gasteiger partial charge in [0.15, 0.2) is 9.84 Å². The van der Waals surface area contributed by atoms with Crippen molar-refractivity contribution in [2.45, 2.75) is 11.8 Å². The first kappa shape index (κ1) is 10.3. The van der Waals surface area contributed by atoms with Crippen LogP contribution in [-0.2, 0) is 9.84 Å². The Balaban J connectivity index is 3.17. The summed E-state index contributed by atoms with van der Waals surface area (Å²) in [5, 5.41) is 8.81. The van der Waals surface area contributed by atoms with E-state index in [-0.39, 0.29) is 18.1 Å².